The minimum Gasteiger partial charge on any atom is -0.462 e. The Kier molecular flexibility index (Phi) is 4.83. The van der Waals surface area contributed by atoms with Gasteiger partial charge in [-0.2, -0.15) is 0 Å². The zero-order chi connectivity index (χ0) is 23.6. The van der Waals surface area contributed by atoms with E-state index in [1.54, 1.807) is 0 Å². The molecule has 9 heteroatoms. The first kappa shape index (κ1) is 22.9. The molecule has 3 aliphatic heterocycles. The highest BCUT2D eigenvalue weighted by molar-refractivity contribution is 9.10. The van der Waals surface area contributed by atoms with Gasteiger partial charge in [0.1, 0.15) is 18.3 Å². The van der Waals surface area contributed by atoms with Crippen LogP contribution in [0.2, 0.25) is 0 Å². The number of fused-ring (bicyclic) bond motifs is 5. The van der Waals surface area contributed by atoms with Crippen molar-refractivity contribution in [2.45, 2.75) is 92.8 Å². The van der Waals surface area contributed by atoms with Crippen molar-refractivity contribution in [3.05, 3.63) is 0 Å². The van der Waals surface area contributed by atoms with Gasteiger partial charge >= 0.3 is 5.97 Å². The lowest BCUT2D eigenvalue weighted by Gasteiger charge is -2.65. The number of ether oxygens (including phenoxy) is 6. The van der Waals surface area contributed by atoms with E-state index in [-0.39, 0.29) is 58.9 Å². The Morgan fingerprint density at radius 3 is 2.68 bits per heavy atom. The average Bonchev–Trinajstić information content (AvgIpc) is 3.49. The van der Waals surface area contributed by atoms with E-state index in [0.717, 1.165) is 32.1 Å². The number of aliphatic hydroxyl groups is 1. The van der Waals surface area contributed by atoms with Gasteiger partial charge in [-0.1, -0.05) is 22.9 Å². The first-order valence-electron chi connectivity index (χ1n) is 12.9. The summed E-state index contributed by atoms with van der Waals surface area (Å²) < 4.78 is 36.9. The monoisotopic (exact) mass is 542 g/mol. The number of alkyl halides is 1. The molecule has 0 aromatic heterocycles. The van der Waals surface area contributed by atoms with Crippen LogP contribution in [-0.4, -0.2) is 71.9 Å². The Balaban J connectivity index is 1.34. The van der Waals surface area contributed by atoms with Crippen LogP contribution >= 0.6 is 15.9 Å². The van der Waals surface area contributed by atoms with E-state index in [1.807, 2.05) is 0 Å². The Labute approximate surface area is 208 Å². The van der Waals surface area contributed by atoms with Crippen LogP contribution in [0.1, 0.15) is 58.8 Å². The number of hydrogen-bond acceptors (Lipinski definition) is 8. The topological polar surface area (TPSA) is 92.7 Å². The van der Waals surface area contributed by atoms with Crippen LogP contribution in [0.5, 0.6) is 0 Å². The molecule has 3 heterocycles. The maximum atomic E-state index is 12.4. The third kappa shape index (κ3) is 2.48. The molecule has 0 amide bonds. The molecule has 11 atom stereocenters. The van der Waals surface area contributed by atoms with Gasteiger partial charge in [-0.05, 0) is 56.8 Å². The summed E-state index contributed by atoms with van der Waals surface area (Å²) in [5, 5.41) is 10.6. The second-order valence-electron chi connectivity index (χ2n) is 12.2. The third-order valence-electron chi connectivity index (χ3n) is 11.2. The summed E-state index contributed by atoms with van der Waals surface area (Å²) in [6.45, 7) is 5.23. The van der Waals surface area contributed by atoms with Gasteiger partial charge in [-0.3, -0.25) is 4.79 Å². The summed E-state index contributed by atoms with van der Waals surface area (Å²) in [6.07, 6.45) is 5.23. The van der Waals surface area contributed by atoms with Crippen LogP contribution in [0, 0.1) is 28.6 Å². The van der Waals surface area contributed by atoms with Gasteiger partial charge < -0.3 is 33.5 Å². The lowest BCUT2D eigenvalue weighted by atomic mass is 9.43. The molecular formula is C25H35BrO8. The molecule has 4 saturated carbocycles. The Morgan fingerprint density at radius 2 is 1.91 bits per heavy atom. The largest absolute Gasteiger partial charge is 0.462 e. The molecule has 0 aromatic rings. The molecule has 2 bridgehead atoms. The number of esters is 1. The highest BCUT2D eigenvalue weighted by Crippen LogP contribution is 2.75. The van der Waals surface area contributed by atoms with E-state index >= 15 is 0 Å². The van der Waals surface area contributed by atoms with Crippen molar-refractivity contribution < 1.29 is 38.3 Å². The van der Waals surface area contributed by atoms with Crippen molar-refractivity contribution >= 4 is 21.9 Å². The number of rotatable bonds is 1. The molecular weight excluding hydrogens is 508 g/mol. The number of carbonyl (C=O) groups excluding carboxylic acids is 1. The highest BCUT2D eigenvalue weighted by Gasteiger charge is 2.80. The molecule has 4 aliphatic carbocycles. The lowest BCUT2D eigenvalue weighted by Crippen LogP contribution is -2.70. The van der Waals surface area contributed by atoms with E-state index in [2.05, 4.69) is 22.9 Å². The first-order valence-corrected chi connectivity index (χ1v) is 13.7. The molecule has 0 aromatic carbocycles. The van der Waals surface area contributed by atoms with Crippen LogP contribution in [-0.2, 0) is 33.2 Å². The molecule has 1 N–H and O–H groups in total. The van der Waals surface area contributed by atoms with Crippen LogP contribution in [0.15, 0.2) is 0 Å². The Bertz CT molecular complexity index is 889. The zero-order valence-electron chi connectivity index (χ0n) is 19.9. The van der Waals surface area contributed by atoms with Gasteiger partial charge in [0.2, 0.25) is 5.79 Å². The number of halogens is 1. The van der Waals surface area contributed by atoms with E-state index < -0.39 is 11.4 Å². The third-order valence-corrected chi connectivity index (χ3v) is 12.8. The van der Waals surface area contributed by atoms with Crippen molar-refractivity contribution in [2.75, 3.05) is 26.8 Å². The summed E-state index contributed by atoms with van der Waals surface area (Å²) in [4.78, 5) is 12.4. The maximum Gasteiger partial charge on any atom is 0.302 e. The summed E-state index contributed by atoms with van der Waals surface area (Å²) in [5.74, 6) is -0.267. The van der Waals surface area contributed by atoms with Crippen molar-refractivity contribution in [1.82, 2.24) is 0 Å². The fourth-order valence-electron chi connectivity index (χ4n) is 10.1. The fraction of sp³-hybridized carbons (Fsp3) is 0.960. The lowest BCUT2D eigenvalue weighted by molar-refractivity contribution is -0.262. The van der Waals surface area contributed by atoms with Gasteiger partial charge in [0.05, 0.1) is 23.1 Å². The number of carbonyl (C=O) groups is 1. The first-order chi connectivity index (χ1) is 16.2. The Hall–Kier alpha value is -0.290. The van der Waals surface area contributed by atoms with Crippen LogP contribution < -0.4 is 0 Å². The van der Waals surface area contributed by atoms with E-state index in [4.69, 9.17) is 28.4 Å². The fourth-order valence-corrected chi connectivity index (χ4v) is 11.3. The normalized spacial score (nSPS) is 59.8. The SMILES string of the molecule is CC(=O)O[C@H]1C[C@@]2(C)[C@@H](CC[C@@]23OCOC32COCO2)[C@@H]2C[C@@H]3OC[C@@]4(CC[C@H](O)C[C@]34Br)[C@H]21. The highest BCUT2D eigenvalue weighted by atomic mass is 79.9. The smallest absolute Gasteiger partial charge is 0.302 e. The second-order valence-corrected chi connectivity index (χ2v) is 13.6. The summed E-state index contributed by atoms with van der Waals surface area (Å²) in [7, 11) is 0. The molecule has 0 radical (unpaired) electrons. The molecule has 7 aliphatic rings. The van der Waals surface area contributed by atoms with Crippen LogP contribution in [0.3, 0.4) is 0 Å². The van der Waals surface area contributed by atoms with Crippen molar-refractivity contribution in [3.8, 4) is 0 Å². The minimum absolute atomic E-state index is 0.0429. The van der Waals surface area contributed by atoms with Gasteiger partial charge in [0.15, 0.2) is 13.6 Å². The molecule has 3 saturated heterocycles. The molecule has 2 spiro atoms. The quantitative estimate of drug-likeness (QED) is 0.399. The molecule has 34 heavy (non-hydrogen) atoms. The molecule has 1 unspecified atom stereocenters. The maximum absolute atomic E-state index is 12.4. The average molecular weight is 543 g/mol. The molecule has 7 fully saturated rings. The molecule has 190 valence electrons. The second kappa shape index (κ2) is 7.17. The number of hydrogen-bond donors (Lipinski definition) is 1. The summed E-state index contributed by atoms with van der Waals surface area (Å²) in [6, 6.07) is 0. The minimum atomic E-state index is -0.902. The predicted octanol–water partition coefficient (Wildman–Crippen LogP) is 2.88. The van der Waals surface area contributed by atoms with Gasteiger partial charge in [0, 0.05) is 23.7 Å². The molecule has 8 nitrogen and oxygen atoms in total. The zero-order valence-corrected chi connectivity index (χ0v) is 21.5. The summed E-state index contributed by atoms with van der Waals surface area (Å²) >= 11 is 4.14. The Morgan fingerprint density at radius 1 is 1.09 bits per heavy atom. The number of aliphatic hydroxyl groups excluding tert-OH is 1. The van der Waals surface area contributed by atoms with Gasteiger partial charge in [-0.15, -0.1) is 0 Å². The van der Waals surface area contributed by atoms with Crippen molar-refractivity contribution in [3.63, 3.8) is 0 Å². The van der Waals surface area contributed by atoms with Gasteiger partial charge in [0.25, 0.3) is 0 Å². The van der Waals surface area contributed by atoms with Crippen LogP contribution in [0.4, 0.5) is 0 Å². The predicted molar refractivity (Wildman–Crippen MR) is 121 cm³/mol. The van der Waals surface area contributed by atoms with Crippen LogP contribution in [0.25, 0.3) is 0 Å². The van der Waals surface area contributed by atoms with E-state index in [0.29, 0.717) is 37.9 Å². The van der Waals surface area contributed by atoms with E-state index in [1.165, 1.54) is 6.92 Å². The molecule has 7 rings (SSSR count). The standard InChI is InChI=1S/C25H35BrO8/c1-14(27)34-18-9-21(2)17(4-6-24(21)25(33-13-31-24)11-29-12-32-25)16-7-19-23(26)8-15(28)3-5-22(23,10-30-19)20(16)18/h15-20,28H,3-13H2,1-2H3/t15-,16-,17-,18-,19-,20+,21-,22-,23-,24+,25?/m0/s1. The van der Waals surface area contributed by atoms with E-state index in [9.17, 15) is 9.90 Å². The van der Waals surface area contributed by atoms with Gasteiger partial charge in [-0.25, -0.2) is 0 Å². The van der Waals surface area contributed by atoms with Crippen molar-refractivity contribution in [2.24, 2.45) is 28.6 Å². The van der Waals surface area contributed by atoms with Crippen molar-refractivity contribution in [1.29, 1.82) is 0 Å². The summed E-state index contributed by atoms with van der Waals surface area (Å²) in [5.41, 5.74) is -1.09.